The molecule has 0 aliphatic heterocycles. The Bertz CT molecular complexity index is 769. The Morgan fingerprint density at radius 1 is 1.22 bits per heavy atom. The van der Waals surface area contributed by atoms with E-state index in [0.717, 1.165) is 4.31 Å². The summed E-state index contributed by atoms with van der Waals surface area (Å²) < 4.78 is 24.6. The van der Waals surface area contributed by atoms with E-state index in [-0.39, 0.29) is 5.56 Å². The molecule has 0 bridgehead atoms. The number of aryl methyl sites for hydroxylation is 1. The molecule has 1 atom stereocenters. The summed E-state index contributed by atoms with van der Waals surface area (Å²) in [5, 5.41) is 9.12. The zero-order chi connectivity index (χ0) is 16.6. The molecule has 5 nitrogen and oxygen atoms in total. The molecule has 0 saturated heterocycles. The molecule has 1 aliphatic carbocycles. The maximum absolute atomic E-state index is 11.7. The van der Waals surface area contributed by atoms with Gasteiger partial charge in [-0.05, 0) is 61.1 Å². The Morgan fingerprint density at radius 2 is 1.87 bits per heavy atom. The van der Waals surface area contributed by atoms with Gasteiger partial charge >= 0.3 is 5.97 Å². The van der Waals surface area contributed by atoms with E-state index < -0.39 is 17.2 Å². The van der Waals surface area contributed by atoms with Gasteiger partial charge in [0.1, 0.15) is 0 Å². The van der Waals surface area contributed by atoms with Crippen molar-refractivity contribution < 1.29 is 18.7 Å². The largest absolute Gasteiger partial charge is 0.755 e. The summed E-state index contributed by atoms with van der Waals surface area (Å²) in [5.41, 5.74) is 2.79. The number of hydrogen-bond acceptors (Lipinski definition) is 3. The molecule has 1 aliphatic rings. The van der Waals surface area contributed by atoms with Gasteiger partial charge in [0.15, 0.2) is 0 Å². The zero-order valence-electron chi connectivity index (χ0n) is 12.6. The van der Waals surface area contributed by atoms with Crippen LogP contribution in [0.15, 0.2) is 42.5 Å². The SMILES string of the molecule is Cc1ccc(C(=O)O)cc1N(c1ccc(C2CC2)cc1)S(=O)[O-]. The number of carboxylic acid groups (broad SMARTS) is 1. The van der Waals surface area contributed by atoms with E-state index in [4.69, 9.17) is 5.11 Å². The molecule has 1 N–H and O–H groups in total. The predicted octanol–water partition coefficient (Wildman–Crippen LogP) is 3.50. The van der Waals surface area contributed by atoms with E-state index in [9.17, 15) is 13.6 Å². The average Bonchev–Trinajstić information content (AvgIpc) is 3.34. The Labute approximate surface area is 137 Å². The summed E-state index contributed by atoms with van der Waals surface area (Å²) >= 11 is -2.55. The second kappa shape index (κ2) is 6.14. The maximum Gasteiger partial charge on any atom is 0.335 e. The van der Waals surface area contributed by atoms with Crippen LogP contribution in [-0.4, -0.2) is 19.8 Å². The Balaban J connectivity index is 2.02. The molecule has 1 saturated carbocycles. The van der Waals surface area contributed by atoms with E-state index >= 15 is 0 Å². The van der Waals surface area contributed by atoms with Crippen molar-refractivity contribution in [1.29, 1.82) is 0 Å². The average molecular weight is 330 g/mol. The van der Waals surface area contributed by atoms with E-state index in [1.54, 1.807) is 25.1 Å². The molecular formula is C17H16NO4S-. The standard InChI is InChI=1S/C17H17NO4S/c1-11-2-3-14(17(19)20)10-16(11)18(23(21)22)15-8-6-13(7-9-15)12-4-5-12/h2-3,6-10,12H,4-5H2,1H3,(H,19,20)(H,21,22)/p-1. The molecule has 3 rings (SSSR count). The van der Waals surface area contributed by atoms with Crippen LogP contribution in [-0.2, 0) is 11.3 Å². The van der Waals surface area contributed by atoms with Crippen LogP contribution in [0.1, 0.15) is 40.2 Å². The van der Waals surface area contributed by atoms with Gasteiger partial charge < -0.3 is 9.66 Å². The van der Waals surface area contributed by atoms with Crippen LogP contribution in [0.4, 0.5) is 11.4 Å². The van der Waals surface area contributed by atoms with E-state index in [1.807, 2.05) is 12.1 Å². The molecule has 0 spiro atoms. The predicted molar refractivity (Wildman–Crippen MR) is 87.6 cm³/mol. The molecule has 0 heterocycles. The molecule has 6 heteroatoms. The van der Waals surface area contributed by atoms with Crippen LogP contribution in [0.2, 0.25) is 0 Å². The lowest BCUT2D eigenvalue weighted by Crippen LogP contribution is -2.21. The lowest BCUT2D eigenvalue weighted by Gasteiger charge is -2.28. The van der Waals surface area contributed by atoms with Crippen LogP contribution < -0.4 is 4.31 Å². The van der Waals surface area contributed by atoms with Gasteiger partial charge in [-0.2, -0.15) is 0 Å². The zero-order valence-corrected chi connectivity index (χ0v) is 13.4. The van der Waals surface area contributed by atoms with Crippen molar-refractivity contribution in [3.05, 3.63) is 59.2 Å². The maximum atomic E-state index is 11.7. The minimum atomic E-state index is -2.55. The van der Waals surface area contributed by atoms with Crippen molar-refractivity contribution in [2.24, 2.45) is 0 Å². The third kappa shape index (κ3) is 3.28. The van der Waals surface area contributed by atoms with Gasteiger partial charge in [-0.15, -0.1) is 0 Å². The molecule has 120 valence electrons. The second-order valence-electron chi connectivity index (χ2n) is 5.68. The summed E-state index contributed by atoms with van der Waals surface area (Å²) in [6.07, 6.45) is 2.35. The molecule has 0 aromatic heterocycles. The summed E-state index contributed by atoms with van der Waals surface area (Å²) in [5.74, 6) is -0.501. The van der Waals surface area contributed by atoms with Crippen LogP contribution in [0.3, 0.4) is 0 Å². The topological polar surface area (TPSA) is 80.7 Å². The highest BCUT2D eigenvalue weighted by molar-refractivity contribution is 7.81. The van der Waals surface area contributed by atoms with Gasteiger partial charge in [-0.3, -0.25) is 8.51 Å². The first-order valence-corrected chi connectivity index (χ1v) is 8.34. The van der Waals surface area contributed by atoms with E-state index in [0.29, 0.717) is 22.9 Å². The molecule has 0 amide bonds. The Kier molecular flexibility index (Phi) is 4.19. The molecule has 2 aromatic rings. The minimum absolute atomic E-state index is 0.0515. The fourth-order valence-electron chi connectivity index (χ4n) is 2.57. The van der Waals surface area contributed by atoms with Crippen molar-refractivity contribution in [1.82, 2.24) is 0 Å². The first-order chi connectivity index (χ1) is 11.0. The van der Waals surface area contributed by atoms with Crippen LogP contribution in [0.25, 0.3) is 0 Å². The number of nitrogens with zero attached hydrogens (tertiary/aromatic N) is 1. The molecule has 2 aromatic carbocycles. The minimum Gasteiger partial charge on any atom is -0.755 e. The number of rotatable bonds is 5. The Hall–Kier alpha value is -2.18. The third-order valence-electron chi connectivity index (χ3n) is 4.00. The second-order valence-corrected chi connectivity index (χ2v) is 6.48. The van der Waals surface area contributed by atoms with Crippen LogP contribution in [0, 0.1) is 6.92 Å². The van der Waals surface area contributed by atoms with Crippen molar-refractivity contribution in [3.63, 3.8) is 0 Å². The quantitative estimate of drug-likeness (QED) is 0.851. The molecule has 23 heavy (non-hydrogen) atoms. The first-order valence-electron chi connectivity index (χ1n) is 7.31. The number of carboxylic acids is 1. The number of carbonyl (C=O) groups is 1. The van der Waals surface area contributed by atoms with Gasteiger partial charge in [-0.1, -0.05) is 18.2 Å². The smallest absolute Gasteiger partial charge is 0.335 e. The van der Waals surface area contributed by atoms with Gasteiger partial charge in [-0.25, -0.2) is 4.79 Å². The normalized spacial score (nSPS) is 15.2. The van der Waals surface area contributed by atoms with Gasteiger partial charge in [0, 0.05) is 0 Å². The highest BCUT2D eigenvalue weighted by atomic mass is 32.2. The fourth-order valence-corrected chi connectivity index (χ4v) is 3.22. The van der Waals surface area contributed by atoms with E-state index in [2.05, 4.69) is 0 Å². The van der Waals surface area contributed by atoms with Gasteiger partial charge in [0.05, 0.1) is 28.2 Å². The van der Waals surface area contributed by atoms with Crippen molar-refractivity contribution in [2.45, 2.75) is 25.7 Å². The molecule has 1 fully saturated rings. The van der Waals surface area contributed by atoms with Crippen LogP contribution in [0.5, 0.6) is 0 Å². The Morgan fingerprint density at radius 3 is 2.39 bits per heavy atom. The lowest BCUT2D eigenvalue weighted by molar-refractivity contribution is 0.0697. The summed E-state index contributed by atoms with van der Waals surface area (Å²) in [7, 11) is 0. The lowest BCUT2D eigenvalue weighted by atomic mass is 10.1. The number of aromatic carboxylic acids is 1. The fraction of sp³-hybridized carbons (Fsp3) is 0.235. The van der Waals surface area contributed by atoms with Crippen molar-refractivity contribution in [2.75, 3.05) is 4.31 Å². The van der Waals surface area contributed by atoms with Crippen molar-refractivity contribution >= 4 is 28.6 Å². The molecule has 0 radical (unpaired) electrons. The van der Waals surface area contributed by atoms with Gasteiger partial charge in [0.25, 0.3) is 0 Å². The highest BCUT2D eigenvalue weighted by Crippen LogP contribution is 2.41. The molecular weight excluding hydrogens is 314 g/mol. The number of anilines is 2. The summed E-state index contributed by atoms with van der Waals surface area (Å²) in [4.78, 5) is 11.1. The molecule has 1 unspecified atom stereocenters. The first kappa shape index (κ1) is 15.7. The summed E-state index contributed by atoms with van der Waals surface area (Å²) in [6.45, 7) is 1.75. The monoisotopic (exact) mass is 330 g/mol. The number of benzene rings is 2. The third-order valence-corrected chi connectivity index (χ3v) is 4.71. The summed E-state index contributed by atoms with van der Waals surface area (Å²) in [6, 6.07) is 11.8. The number of hydrogen-bond donors (Lipinski definition) is 1. The van der Waals surface area contributed by atoms with Crippen LogP contribution >= 0.6 is 0 Å². The highest BCUT2D eigenvalue weighted by Gasteiger charge is 2.23. The van der Waals surface area contributed by atoms with E-state index in [1.165, 1.54) is 30.5 Å². The van der Waals surface area contributed by atoms with Gasteiger partial charge in [0.2, 0.25) is 0 Å². The van der Waals surface area contributed by atoms with Crippen molar-refractivity contribution in [3.8, 4) is 0 Å².